The summed E-state index contributed by atoms with van der Waals surface area (Å²) in [5.41, 5.74) is 0. The minimum Gasteiger partial charge on any atom is -0.311 e. The molecule has 2 fully saturated rings. The maximum absolute atomic E-state index is 6.06. The third-order valence-electron chi connectivity index (χ3n) is 4.45. The molecule has 1 aliphatic carbocycles. The molecule has 1 saturated carbocycles. The first-order valence-electron chi connectivity index (χ1n) is 7.35. The molecule has 1 aliphatic heterocycles. The van der Waals surface area contributed by atoms with Crippen LogP contribution in [0.15, 0.2) is 12.1 Å². The smallest absolute Gasteiger partial charge is 0.0931 e. The van der Waals surface area contributed by atoms with Crippen LogP contribution in [0.2, 0.25) is 4.34 Å². The minimum absolute atomic E-state index is 0.630. The molecule has 3 rings (SSSR count). The largest absolute Gasteiger partial charge is 0.311 e. The molecule has 0 bridgehead atoms. The lowest BCUT2D eigenvalue weighted by molar-refractivity contribution is 0.0936. The van der Waals surface area contributed by atoms with E-state index < -0.39 is 0 Å². The van der Waals surface area contributed by atoms with E-state index in [1.54, 1.807) is 11.3 Å². The second-order valence-corrected chi connectivity index (χ2v) is 8.10. The van der Waals surface area contributed by atoms with E-state index in [9.17, 15) is 0 Å². The Morgan fingerprint density at radius 3 is 2.79 bits per heavy atom. The van der Waals surface area contributed by atoms with E-state index in [0.29, 0.717) is 12.0 Å². The van der Waals surface area contributed by atoms with Gasteiger partial charge in [-0.25, -0.2) is 0 Å². The number of halogens is 1. The van der Waals surface area contributed by atoms with Crippen LogP contribution in [0.4, 0.5) is 0 Å². The van der Waals surface area contributed by atoms with Crippen molar-refractivity contribution in [3.05, 3.63) is 21.3 Å². The van der Waals surface area contributed by atoms with Crippen LogP contribution < -0.4 is 5.32 Å². The third kappa shape index (κ3) is 3.33. The molecule has 2 unspecified atom stereocenters. The standard InChI is InChI=1S/C15H23ClN2S/c1-10(2)13-9-18(8-12-5-6-15(16)19-12)14(7-17-13)11-3-4-11/h5-6,10-11,13-14,17H,3-4,7-9H2,1-2H3. The van der Waals surface area contributed by atoms with Crippen LogP contribution in [0, 0.1) is 11.8 Å². The Morgan fingerprint density at radius 2 is 2.21 bits per heavy atom. The molecule has 0 radical (unpaired) electrons. The number of hydrogen-bond donors (Lipinski definition) is 1. The van der Waals surface area contributed by atoms with Gasteiger partial charge in [0.05, 0.1) is 4.34 Å². The van der Waals surface area contributed by atoms with Crippen LogP contribution in [0.5, 0.6) is 0 Å². The van der Waals surface area contributed by atoms with Crippen molar-refractivity contribution in [2.45, 2.75) is 45.3 Å². The van der Waals surface area contributed by atoms with Crippen molar-refractivity contribution in [1.82, 2.24) is 10.2 Å². The van der Waals surface area contributed by atoms with Crippen LogP contribution in [0.25, 0.3) is 0 Å². The molecular formula is C15H23ClN2S. The highest BCUT2D eigenvalue weighted by molar-refractivity contribution is 7.16. The third-order valence-corrected chi connectivity index (χ3v) is 5.66. The lowest BCUT2D eigenvalue weighted by Crippen LogP contribution is -2.58. The zero-order valence-corrected chi connectivity index (χ0v) is 13.3. The lowest BCUT2D eigenvalue weighted by Gasteiger charge is -2.42. The molecular weight excluding hydrogens is 276 g/mol. The van der Waals surface area contributed by atoms with Crippen molar-refractivity contribution in [2.75, 3.05) is 13.1 Å². The molecule has 2 atom stereocenters. The Hall–Kier alpha value is -0.0900. The molecule has 2 heterocycles. The number of hydrogen-bond acceptors (Lipinski definition) is 3. The fourth-order valence-corrected chi connectivity index (χ4v) is 4.18. The first kappa shape index (κ1) is 13.9. The van der Waals surface area contributed by atoms with Crippen molar-refractivity contribution < 1.29 is 0 Å². The van der Waals surface area contributed by atoms with Gasteiger partial charge in [-0.3, -0.25) is 4.90 Å². The maximum atomic E-state index is 6.06. The molecule has 0 aromatic carbocycles. The summed E-state index contributed by atoms with van der Waals surface area (Å²) < 4.78 is 0.911. The molecule has 1 aromatic rings. The van der Waals surface area contributed by atoms with Gasteiger partial charge in [-0.2, -0.15) is 0 Å². The van der Waals surface area contributed by atoms with Crippen molar-refractivity contribution in [3.63, 3.8) is 0 Å². The van der Waals surface area contributed by atoms with Gasteiger partial charge in [-0.15, -0.1) is 11.3 Å². The van der Waals surface area contributed by atoms with Gasteiger partial charge < -0.3 is 5.32 Å². The van der Waals surface area contributed by atoms with Gasteiger partial charge in [0.25, 0.3) is 0 Å². The lowest BCUT2D eigenvalue weighted by atomic mass is 9.97. The predicted molar refractivity (Wildman–Crippen MR) is 82.9 cm³/mol. The first-order chi connectivity index (χ1) is 9.13. The van der Waals surface area contributed by atoms with E-state index in [1.165, 1.54) is 24.3 Å². The van der Waals surface area contributed by atoms with Crippen LogP contribution in [-0.2, 0) is 6.54 Å². The van der Waals surface area contributed by atoms with E-state index in [0.717, 1.165) is 29.4 Å². The van der Waals surface area contributed by atoms with Gasteiger partial charge in [0.15, 0.2) is 0 Å². The summed E-state index contributed by atoms with van der Waals surface area (Å²) in [4.78, 5) is 4.10. The van der Waals surface area contributed by atoms with E-state index in [-0.39, 0.29) is 0 Å². The Balaban J connectivity index is 1.69. The second-order valence-electron chi connectivity index (χ2n) is 6.30. The molecule has 1 saturated heterocycles. The highest BCUT2D eigenvalue weighted by Crippen LogP contribution is 2.37. The Bertz CT molecular complexity index is 428. The topological polar surface area (TPSA) is 15.3 Å². The van der Waals surface area contributed by atoms with Crippen molar-refractivity contribution in [2.24, 2.45) is 11.8 Å². The summed E-state index contributed by atoms with van der Waals surface area (Å²) in [6.07, 6.45) is 2.83. The molecule has 106 valence electrons. The summed E-state index contributed by atoms with van der Waals surface area (Å²) in [5.74, 6) is 1.63. The van der Waals surface area contributed by atoms with Crippen LogP contribution >= 0.6 is 22.9 Å². The molecule has 1 aromatic heterocycles. The number of rotatable bonds is 4. The van der Waals surface area contributed by atoms with Gasteiger partial charge >= 0.3 is 0 Å². The average molecular weight is 299 g/mol. The second kappa shape index (κ2) is 5.72. The normalized spacial score (nSPS) is 29.1. The average Bonchev–Trinajstić information content (AvgIpc) is 3.13. The van der Waals surface area contributed by atoms with Gasteiger partial charge in [-0.05, 0) is 36.8 Å². The number of nitrogens with zero attached hydrogens (tertiary/aromatic N) is 1. The van der Waals surface area contributed by atoms with Gasteiger partial charge in [0.2, 0.25) is 0 Å². The molecule has 2 nitrogen and oxygen atoms in total. The summed E-state index contributed by atoms with van der Waals surface area (Å²) >= 11 is 7.78. The zero-order valence-electron chi connectivity index (χ0n) is 11.7. The Kier molecular flexibility index (Phi) is 4.18. The molecule has 4 heteroatoms. The van der Waals surface area contributed by atoms with Gasteiger partial charge in [-0.1, -0.05) is 25.4 Å². The fraction of sp³-hybridized carbons (Fsp3) is 0.733. The summed E-state index contributed by atoms with van der Waals surface area (Å²) in [6.45, 7) is 8.04. The number of piperazine rings is 1. The highest BCUT2D eigenvalue weighted by atomic mass is 35.5. The zero-order chi connectivity index (χ0) is 13.4. The van der Waals surface area contributed by atoms with Crippen molar-refractivity contribution in [3.8, 4) is 0 Å². The van der Waals surface area contributed by atoms with Crippen molar-refractivity contribution >= 4 is 22.9 Å². The Labute approximate surface area is 125 Å². The maximum Gasteiger partial charge on any atom is 0.0931 e. The molecule has 2 aliphatic rings. The predicted octanol–water partition coefficient (Wildman–Crippen LogP) is 3.61. The highest BCUT2D eigenvalue weighted by Gasteiger charge is 2.39. The summed E-state index contributed by atoms with van der Waals surface area (Å²) in [7, 11) is 0. The van der Waals surface area contributed by atoms with Crippen LogP contribution in [-0.4, -0.2) is 30.1 Å². The monoisotopic (exact) mass is 298 g/mol. The Morgan fingerprint density at radius 1 is 1.42 bits per heavy atom. The quantitative estimate of drug-likeness (QED) is 0.913. The minimum atomic E-state index is 0.630. The molecule has 0 spiro atoms. The molecule has 1 N–H and O–H groups in total. The number of nitrogens with one attached hydrogen (secondary N) is 1. The molecule has 19 heavy (non-hydrogen) atoms. The van der Waals surface area contributed by atoms with E-state index in [4.69, 9.17) is 11.6 Å². The van der Waals surface area contributed by atoms with E-state index in [2.05, 4.69) is 30.1 Å². The fourth-order valence-electron chi connectivity index (χ4n) is 3.06. The SMILES string of the molecule is CC(C)C1CN(Cc2ccc(Cl)s2)C(C2CC2)CN1. The molecule has 0 amide bonds. The summed E-state index contributed by atoms with van der Waals surface area (Å²) in [6, 6.07) is 5.57. The van der Waals surface area contributed by atoms with Gasteiger partial charge in [0, 0.05) is 36.6 Å². The van der Waals surface area contributed by atoms with E-state index in [1.807, 2.05) is 6.07 Å². The van der Waals surface area contributed by atoms with Gasteiger partial charge in [0.1, 0.15) is 0 Å². The van der Waals surface area contributed by atoms with E-state index >= 15 is 0 Å². The summed E-state index contributed by atoms with van der Waals surface area (Å²) in [5, 5.41) is 3.75. The van der Waals surface area contributed by atoms with Crippen molar-refractivity contribution in [1.29, 1.82) is 0 Å². The van der Waals surface area contributed by atoms with Crippen LogP contribution in [0.1, 0.15) is 31.6 Å². The first-order valence-corrected chi connectivity index (χ1v) is 8.54. The van der Waals surface area contributed by atoms with Crippen LogP contribution in [0.3, 0.4) is 0 Å². The number of thiophene rings is 1.